The molecule has 0 saturated carbocycles. The van der Waals surface area contributed by atoms with Crippen LogP contribution in [0.15, 0.2) is 30.3 Å². The highest BCUT2D eigenvalue weighted by Gasteiger charge is 2.10. The molecule has 0 amide bonds. The van der Waals surface area contributed by atoms with Crippen molar-refractivity contribution in [2.45, 2.75) is 77.7 Å². The first-order chi connectivity index (χ1) is 10.8. The van der Waals surface area contributed by atoms with E-state index in [2.05, 4.69) is 13.8 Å². The number of carbonyl (C=O) groups is 1. The number of hydrogen-bond acceptors (Lipinski definition) is 2. The molecule has 1 atom stereocenters. The molecule has 0 aliphatic rings. The fourth-order valence-electron chi connectivity index (χ4n) is 2.64. The summed E-state index contributed by atoms with van der Waals surface area (Å²) in [5.74, 6) is 0.0821. The highest BCUT2D eigenvalue weighted by molar-refractivity contribution is 5.96. The number of benzene rings is 1. The summed E-state index contributed by atoms with van der Waals surface area (Å²) in [7, 11) is 0. The second-order valence-corrected chi connectivity index (χ2v) is 6.04. The number of ether oxygens (including phenoxy) is 1. The topological polar surface area (TPSA) is 26.3 Å². The Morgan fingerprint density at radius 1 is 0.955 bits per heavy atom. The molecule has 0 N–H and O–H groups in total. The summed E-state index contributed by atoms with van der Waals surface area (Å²) in [6, 6.07) is 9.41. The molecule has 0 aromatic heterocycles. The Bertz CT molecular complexity index is 386. The van der Waals surface area contributed by atoms with Crippen LogP contribution in [0.1, 0.15) is 82.0 Å². The maximum absolute atomic E-state index is 12.0. The normalized spacial score (nSPS) is 12.3. The highest BCUT2D eigenvalue weighted by atomic mass is 16.5. The van der Waals surface area contributed by atoms with Crippen molar-refractivity contribution in [1.29, 1.82) is 0 Å². The zero-order valence-corrected chi connectivity index (χ0v) is 14.4. The van der Waals surface area contributed by atoms with Crippen LogP contribution in [0.25, 0.3) is 0 Å². The molecule has 2 heteroatoms. The van der Waals surface area contributed by atoms with E-state index in [0.717, 1.165) is 18.4 Å². The number of Topliss-reactive ketones (excluding diaryl/α,β-unsaturated/α-hetero) is 1. The van der Waals surface area contributed by atoms with Gasteiger partial charge in [0.05, 0.1) is 6.10 Å². The average molecular weight is 304 g/mol. The van der Waals surface area contributed by atoms with Gasteiger partial charge in [0.1, 0.15) is 6.61 Å². The zero-order valence-electron chi connectivity index (χ0n) is 14.4. The zero-order chi connectivity index (χ0) is 16.0. The van der Waals surface area contributed by atoms with Gasteiger partial charge < -0.3 is 4.74 Å². The second-order valence-electron chi connectivity index (χ2n) is 6.04. The average Bonchev–Trinajstić information content (AvgIpc) is 2.57. The third-order valence-electron chi connectivity index (χ3n) is 4.13. The molecule has 0 heterocycles. The van der Waals surface area contributed by atoms with Crippen LogP contribution in [0.3, 0.4) is 0 Å². The molecule has 1 unspecified atom stereocenters. The van der Waals surface area contributed by atoms with Crippen LogP contribution in [-0.4, -0.2) is 18.5 Å². The number of ketones is 1. The van der Waals surface area contributed by atoms with Crippen molar-refractivity contribution in [1.82, 2.24) is 0 Å². The predicted octanol–water partition coefficient (Wildman–Crippen LogP) is 5.81. The van der Waals surface area contributed by atoms with Crippen molar-refractivity contribution < 1.29 is 9.53 Å². The number of rotatable bonds is 13. The SMILES string of the molecule is CCCCCCCCCC(CC)OCC(=O)c1ccccc1. The van der Waals surface area contributed by atoms with Gasteiger partial charge in [0.2, 0.25) is 0 Å². The lowest BCUT2D eigenvalue weighted by Gasteiger charge is -2.15. The quantitative estimate of drug-likeness (QED) is 0.340. The summed E-state index contributed by atoms with van der Waals surface area (Å²) in [6.45, 7) is 4.60. The molecule has 0 radical (unpaired) electrons. The van der Waals surface area contributed by atoms with E-state index in [4.69, 9.17) is 4.74 Å². The van der Waals surface area contributed by atoms with Crippen molar-refractivity contribution in [3.63, 3.8) is 0 Å². The smallest absolute Gasteiger partial charge is 0.188 e. The summed E-state index contributed by atoms with van der Waals surface area (Å²) in [6.07, 6.45) is 11.5. The molecule has 0 aliphatic heterocycles. The molecule has 1 aromatic rings. The lowest BCUT2D eigenvalue weighted by atomic mass is 10.1. The molecule has 0 spiro atoms. The number of hydrogen-bond donors (Lipinski definition) is 0. The molecule has 22 heavy (non-hydrogen) atoms. The first-order valence-electron chi connectivity index (χ1n) is 8.97. The second kappa shape index (κ2) is 12.4. The van der Waals surface area contributed by atoms with E-state index in [1.54, 1.807) is 0 Å². The van der Waals surface area contributed by atoms with Crippen LogP contribution in [-0.2, 0) is 4.74 Å². The van der Waals surface area contributed by atoms with E-state index in [1.165, 1.54) is 44.9 Å². The van der Waals surface area contributed by atoms with Gasteiger partial charge >= 0.3 is 0 Å². The minimum Gasteiger partial charge on any atom is -0.370 e. The molecule has 0 bridgehead atoms. The lowest BCUT2D eigenvalue weighted by molar-refractivity contribution is 0.0388. The maximum atomic E-state index is 12.0. The lowest BCUT2D eigenvalue weighted by Crippen LogP contribution is -2.18. The summed E-state index contributed by atoms with van der Waals surface area (Å²) >= 11 is 0. The van der Waals surface area contributed by atoms with Crippen molar-refractivity contribution in [3.05, 3.63) is 35.9 Å². The van der Waals surface area contributed by atoms with E-state index in [9.17, 15) is 4.79 Å². The van der Waals surface area contributed by atoms with Crippen LogP contribution in [0.2, 0.25) is 0 Å². The van der Waals surface area contributed by atoms with E-state index >= 15 is 0 Å². The van der Waals surface area contributed by atoms with Crippen molar-refractivity contribution in [2.75, 3.05) is 6.61 Å². The first kappa shape index (κ1) is 18.9. The fourth-order valence-corrected chi connectivity index (χ4v) is 2.64. The van der Waals surface area contributed by atoms with Crippen LogP contribution in [0, 0.1) is 0 Å². The molecular formula is C20H32O2. The largest absolute Gasteiger partial charge is 0.370 e. The Kier molecular flexibility index (Phi) is 10.7. The van der Waals surface area contributed by atoms with Gasteiger partial charge in [-0.05, 0) is 12.8 Å². The van der Waals surface area contributed by atoms with Gasteiger partial charge in [-0.25, -0.2) is 0 Å². The Hall–Kier alpha value is -1.15. The van der Waals surface area contributed by atoms with Gasteiger partial charge in [0, 0.05) is 5.56 Å². The molecule has 124 valence electrons. The van der Waals surface area contributed by atoms with Gasteiger partial charge in [-0.3, -0.25) is 4.79 Å². The third kappa shape index (κ3) is 8.33. The van der Waals surface area contributed by atoms with Gasteiger partial charge in [0.15, 0.2) is 5.78 Å². The van der Waals surface area contributed by atoms with E-state index in [-0.39, 0.29) is 18.5 Å². The summed E-state index contributed by atoms with van der Waals surface area (Å²) in [5.41, 5.74) is 0.744. The van der Waals surface area contributed by atoms with Gasteiger partial charge in [0.25, 0.3) is 0 Å². The van der Waals surface area contributed by atoms with E-state index in [0.29, 0.717) is 0 Å². The summed E-state index contributed by atoms with van der Waals surface area (Å²) < 4.78 is 5.80. The third-order valence-corrected chi connectivity index (χ3v) is 4.13. The van der Waals surface area contributed by atoms with Crippen LogP contribution in [0.4, 0.5) is 0 Å². The molecule has 2 nitrogen and oxygen atoms in total. The standard InChI is InChI=1S/C20H32O2/c1-3-5-6-7-8-9-13-16-19(4-2)22-17-20(21)18-14-11-10-12-15-18/h10-12,14-15,19H,3-9,13,16-17H2,1-2H3. The molecule has 0 aliphatic carbocycles. The van der Waals surface area contributed by atoms with Crippen molar-refractivity contribution >= 4 is 5.78 Å². The van der Waals surface area contributed by atoms with Gasteiger partial charge in [-0.1, -0.05) is 89.1 Å². The molecule has 1 aromatic carbocycles. The van der Waals surface area contributed by atoms with Crippen molar-refractivity contribution in [2.24, 2.45) is 0 Å². The van der Waals surface area contributed by atoms with Gasteiger partial charge in [-0.2, -0.15) is 0 Å². The first-order valence-corrected chi connectivity index (χ1v) is 8.97. The summed E-state index contributed by atoms with van der Waals surface area (Å²) in [4.78, 5) is 12.0. The van der Waals surface area contributed by atoms with Crippen LogP contribution < -0.4 is 0 Å². The Balaban J connectivity index is 2.13. The monoisotopic (exact) mass is 304 g/mol. The molecule has 1 rings (SSSR count). The summed E-state index contributed by atoms with van der Waals surface area (Å²) in [5, 5.41) is 0. The van der Waals surface area contributed by atoms with Gasteiger partial charge in [-0.15, -0.1) is 0 Å². The minimum absolute atomic E-state index is 0.0821. The van der Waals surface area contributed by atoms with E-state index in [1.807, 2.05) is 30.3 Å². The van der Waals surface area contributed by atoms with Crippen molar-refractivity contribution in [3.8, 4) is 0 Å². The van der Waals surface area contributed by atoms with Crippen LogP contribution >= 0.6 is 0 Å². The van der Waals surface area contributed by atoms with E-state index < -0.39 is 0 Å². The Morgan fingerprint density at radius 2 is 1.59 bits per heavy atom. The molecular weight excluding hydrogens is 272 g/mol. The highest BCUT2D eigenvalue weighted by Crippen LogP contribution is 2.13. The molecule has 0 fully saturated rings. The van der Waals surface area contributed by atoms with Crippen LogP contribution in [0.5, 0.6) is 0 Å². The maximum Gasteiger partial charge on any atom is 0.188 e. The Morgan fingerprint density at radius 3 is 2.23 bits per heavy atom. The number of carbonyl (C=O) groups excluding carboxylic acids is 1. The number of unbranched alkanes of at least 4 members (excludes halogenated alkanes) is 6. The predicted molar refractivity (Wildman–Crippen MR) is 93.4 cm³/mol. The fraction of sp³-hybridized carbons (Fsp3) is 0.650. The molecule has 0 saturated heterocycles. The Labute approximate surface area is 136 Å². The minimum atomic E-state index is 0.0821.